The van der Waals surface area contributed by atoms with E-state index >= 15 is 0 Å². The molecule has 1 saturated carbocycles. The Morgan fingerprint density at radius 3 is 1.90 bits per heavy atom. The second kappa shape index (κ2) is 13.7. The van der Waals surface area contributed by atoms with Crippen molar-refractivity contribution in [2.24, 2.45) is 11.5 Å². The van der Waals surface area contributed by atoms with E-state index in [1.807, 2.05) is 0 Å². The van der Waals surface area contributed by atoms with Gasteiger partial charge in [0.15, 0.2) is 12.0 Å². The molecule has 0 aromatic heterocycles. The summed E-state index contributed by atoms with van der Waals surface area (Å²) in [6.07, 6.45) is -4.47. The fourth-order valence-corrected chi connectivity index (χ4v) is 3.00. The molecular formula is C17H29FN2O10Pt. The average Bonchev–Trinajstić information content (AvgIpc) is 2.70. The predicted octanol–water partition coefficient (Wildman–Crippen LogP) is -5.39. The minimum atomic E-state index is -3.80. The molecule has 0 amide bonds. The molecule has 0 aromatic rings. The van der Waals surface area contributed by atoms with E-state index < -0.39 is 67.9 Å². The van der Waals surface area contributed by atoms with Gasteiger partial charge < -0.3 is 61.2 Å². The summed E-state index contributed by atoms with van der Waals surface area (Å²) in [6, 6.07) is 0.562. The normalized spacial score (nSPS) is 33.5. The smallest absolute Gasteiger partial charge is 0.546 e. The number of aliphatic hydroxyl groups excluding tert-OH is 4. The van der Waals surface area contributed by atoms with Crippen LogP contribution in [0.1, 0.15) is 32.1 Å². The number of carboxylic acids is 2. The molecule has 1 heterocycles. The minimum absolute atomic E-state index is 0. The zero-order valence-electron chi connectivity index (χ0n) is 16.6. The Kier molecular flexibility index (Phi) is 13.4. The Hall–Kier alpha value is -0.762. The van der Waals surface area contributed by atoms with Gasteiger partial charge in [-0.15, -0.1) is 0 Å². The van der Waals surface area contributed by atoms with Gasteiger partial charge in [-0.05, 0) is 12.8 Å². The number of alkyl halides is 1. The van der Waals surface area contributed by atoms with Crippen molar-refractivity contribution in [3.05, 3.63) is 0 Å². The van der Waals surface area contributed by atoms with Gasteiger partial charge in [0.2, 0.25) is 0 Å². The molecule has 2 rings (SSSR count). The van der Waals surface area contributed by atoms with Crippen LogP contribution in [-0.4, -0.2) is 94.0 Å². The summed E-state index contributed by atoms with van der Waals surface area (Å²) in [7, 11) is 0. The van der Waals surface area contributed by atoms with E-state index in [-0.39, 0.29) is 33.1 Å². The Bertz CT molecular complexity index is 549. The number of hydrogen-bond acceptors (Lipinski definition) is 12. The number of aliphatic hydroxyl groups is 4. The van der Waals surface area contributed by atoms with Crippen LogP contribution in [0.25, 0.3) is 0 Å². The number of hydrogen-bond donors (Lipinski definition) is 6. The number of carbonyl (C=O) groups excluding carboxylic acids is 2. The zero-order chi connectivity index (χ0) is 23.1. The standard InChI is InChI=1S/C11H17FO10.C6H14N2.Pt/c12-11(9(17)18,10(19)20)1-2-21-8-7(16)6(15)5(14)4(3-13)22-8;7-5-3-1-2-4-6(5)8;/h4-8,13-16H,1-3H2,(H,17,18)(H,19,20);5-6H,1-4,7-8H2;/q;;+2/p-2/t4-,5-,6+,7-,8?;5-,6-;/m11./s1. The van der Waals surface area contributed by atoms with Crippen molar-refractivity contribution in [1.82, 2.24) is 0 Å². The second-order valence-electron chi connectivity index (χ2n) is 7.31. The maximum Gasteiger partial charge on any atom is 2.00 e. The maximum absolute atomic E-state index is 13.5. The Labute approximate surface area is 192 Å². The Morgan fingerprint density at radius 2 is 1.52 bits per heavy atom. The van der Waals surface area contributed by atoms with Crippen molar-refractivity contribution in [3.8, 4) is 0 Å². The molecule has 0 aromatic carbocycles. The summed E-state index contributed by atoms with van der Waals surface area (Å²) in [5, 5.41) is 58.3. The predicted molar refractivity (Wildman–Crippen MR) is 92.6 cm³/mol. The number of nitrogens with two attached hydrogens (primary N) is 2. The molecule has 0 bridgehead atoms. The third-order valence-corrected chi connectivity index (χ3v) is 5.10. The third-order valence-electron chi connectivity index (χ3n) is 5.10. The monoisotopic (exact) mass is 635 g/mol. The van der Waals surface area contributed by atoms with E-state index in [0.29, 0.717) is 0 Å². The summed E-state index contributed by atoms with van der Waals surface area (Å²) in [4.78, 5) is 20.9. The summed E-state index contributed by atoms with van der Waals surface area (Å²) in [5.74, 6) is -5.05. The van der Waals surface area contributed by atoms with Gasteiger partial charge in [0.05, 0.1) is 25.2 Å². The van der Waals surface area contributed by atoms with Gasteiger partial charge in [-0.1, -0.05) is 12.8 Å². The molecule has 184 valence electrons. The molecule has 8 N–H and O–H groups in total. The van der Waals surface area contributed by atoms with Crippen LogP contribution in [0.4, 0.5) is 4.39 Å². The topological polar surface area (TPSA) is 232 Å². The van der Waals surface area contributed by atoms with Crippen molar-refractivity contribution in [3.63, 3.8) is 0 Å². The summed E-state index contributed by atoms with van der Waals surface area (Å²) >= 11 is 0. The zero-order valence-corrected chi connectivity index (χ0v) is 18.9. The fraction of sp³-hybridized carbons (Fsp3) is 0.882. The SMILES string of the molecule is N[C@@H]1CCCC[C@H]1N.O=C([O-])C(F)(CCOC1O[C@H](CO)[C@@H](O)[C@H](O)[C@H]1O)C(=O)[O-].[Pt+2]. The molecule has 1 saturated heterocycles. The molecule has 2 fully saturated rings. The van der Waals surface area contributed by atoms with Crippen LogP contribution in [0.5, 0.6) is 0 Å². The van der Waals surface area contributed by atoms with E-state index in [4.69, 9.17) is 26.0 Å². The van der Waals surface area contributed by atoms with Crippen molar-refractivity contribution in [1.29, 1.82) is 0 Å². The number of halogens is 1. The van der Waals surface area contributed by atoms with Crippen LogP contribution >= 0.6 is 0 Å². The van der Waals surface area contributed by atoms with Gasteiger partial charge in [0.1, 0.15) is 24.4 Å². The van der Waals surface area contributed by atoms with Crippen LogP contribution in [-0.2, 0) is 40.1 Å². The number of rotatable bonds is 7. The summed E-state index contributed by atoms with van der Waals surface area (Å²) in [5.41, 5.74) is 7.51. The molecule has 7 atom stereocenters. The van der Waals surface area contributed by atoms with Crippen molar-refractivity contribution < 1.29 is 75.2 Å². The van der Waals surface area contributed by atoms with Crippen LogP contribution in [0.3, 0.4) is 0 Å². The van der Waals surface area contributed by atoms with Gasteiger partial charge in [0, 0.05) is 18.5 Å². The van der Waals surface area contributed by atoms with E-state index in [9.17, 15) is 39.5 Å². The first-order chi connectivity index (χ1) is 14.0. The van der Waals surface area contributed by atoms with Crippen molar-refractivity contribution in [2.75, 3.05) is 13.2 Å². The third kappa shape index (κ3) is 8.26. The number of carbonyl (C=O) groups is 2. The molecule has 0 spiro atoms. The average molecular weight is 635 g/mol. The van der Waals surface area contributed by atoms with Crippen LogP contribution in [0, 0.1) is 0 Å². The number of aliphatic carboxylic acids is 2. The van der Waals surface area contributed by atoms with E-state index in [1.54, 1.807) is 0 Å². The summed E-state index contributed by atoms with van der Waals surface area (Å²) < 4.78 is 23.2. The van der Waals surface area contributed by atoms with Crippen molar-refractivity contribution in [2.45, 2.75) is 80.6 Å². The van der Waals surface area contributed by atoms with E-state index in [0.717, 1.165) is 12.8 Å². The summed E-state index contributed by atoms with van der Waals surface area (Å²) in [6.45, 7) is -1.57. The molecular weight excluding hydrogens is 606 g/mol. The molecule has 31 heavy (non-hydrogen) atoms. The quantitative estimate of drug-likeness (QED) is 0.144. The van der Waals surface area contributed by atoms with Crippen LogP contribution < -0.4 is 21.7 Å². The largest absolute Gasteiger partial charge is 2.00 e. The van der Waals surface area contributed by atoms with Gasteiger partial charge in [-0.2, -0.15) is 0 Å². The van der Waals surface area contributed by atoms with Crippen LogP contribution in [0.15, 0.2) is 0 Å². The van der Waals surface area contributed by atoms with Gasteiger partial charge >= 0.3 is 21.1 Å². The van der Waals surface area contributed by atoms with Gasteiger partial charge in [-0.25, -0.2) is 4.39 Å². The number of ether oxygens (including phenoxy) is 2. The molecule has 14 heteroatoms. The Morgan fingerprint density at radius 1 is 1.03 bits per heavy atom. The fourth-order valence-electron chi connectivity index (χ4n) is 3.00. The molecule has 1 unspecified atom stereocenters. The molecule has 1 aliphatic heterocycles. The van der Waals surface area contributed by atoms with Crippen molar-refractivity contribution >= 4 is 11.9 Å². The number of carboxylic acid groups (broad SMARTS) is 2. The molecule has 12 nitrogen and oxygen atoms in total. The Balaban J connectivity index is 0.000000838. The maximum atomic E-state index is 13.5. The van der Waals surface area contributed by atoms with Crippen LogP contribution in [0.2, 0.25) is 0 Å². The first kappa shape index (κ1) is 30.2. The van der Waals surface area contributed by atoms with Gasteiger partial charge in [0.25, 0.3) is 0 Å². The first-order valence-electron chi connectivity index (χ1n) is 9.50. The van der Waals surface area contributed by atoms with Gasteiger partial charge in [-0.3, -0.25) is 0 Å². The van der Waals surface area contributed by atoms with E-state index in [1.165, 1.54) is 12.8 Å². The molecule has 2 aliphatic rings. The second-order valence-corrected chi connectivity index (χ2v) is 7.31. The first-order valence-corrected chi connectivity index (χ1v) is 9.50. The van der Waals surface area contributed by atoms with E-state index in [2.05, 4.69) is 0 Å². The molecule has 1 aliphatic carbocycles. The minimum Gasteiger partial charge on any atom is -0.546 e. The molecule has 0 radical (unpaired) electrons.